The standard InChI is InChI=1S/C29H49ClN2O/c1-5-7-8-9-11-14-17-23-32(4)24-18-15-12-10-13-16-22-31-29(33)26(6-2)27-20-19-21-28(30)25(27)3/h6,19-21H,5,7-18,22-24H2,1-4H3,(H,31,33)/b26-6+. The Hall–Kier alpha value is -1.32. The van der Waals surface area contributed by atoms with Gasteiger partial charge >= 0.3 is 0 Å². The van der Waals surface area contributed by atoms with E-state index in [2.05, 4.69) is 24.2 Å². The van der Waals surface area contributed by atoms with Crippen LogP contribution >= 0.6 is 11.6 Å². The van der Waals surface area contributed by atoms with Crippen molar-refractivity contribution in [1.82, 2.24) is 10.2 Å². The second-order valence-corrected chi connectivity index (χ2v) is 9.82. The molecule has 1 N–H and O–H groups in total. The fraction of sp³-hybridized carbons (Fsp3) is 0.690. The van der Waals surface area contributed by atoms with Gasteiger partial charge in [0, 0.05) is 17.1 Å². The van der Waals surface area contributed by atoms with Crippen molar-refractivity contribution in [3.05, 3.63) is 40.4 Å². The molecule has 4 heteroatoms. The molecule has 0 heterocycles. The zero-order valence-corrected chi connectivity index (χ0v) is 22.6. The number of amides is 1. The van der Waals surface area contributed by atoms with Crippen molar-refractivity contribution >= 4 is 23.1 Å². The van der Waals surface area contributed by atoms with Crippen LogP contribution < -0.4 is 5.32 Å². The number of carbonyl (C=O) groups is 1. The van der Waals surface area contributed by atoms with Crippen molar-refractivity contribution in [3.8, 4) is 0 Å². The second-order valence-electron chi connectivity index (χ2n) is 9.42. The lowest BCUT2D eigenvalue weighted by molar-refractivity contribution is -0.115. The van der Waals surface area contributed by atoms with E-state index in [9.17, 15) is 4.79 Å². The average molecular weight is 477 g/mol. The van der Waals surface area contributed by atoms with Gasteiger partial charge in [-0.05, 0) is 70.4 Å². The Labute approximate surface area is 209 Å². The second kappa shape index (κ2) is 19.0. The third kappa shape index (κ3) is 13.2. The molecule has 0 fully saturated rings. The lowest BCUT2D eigenvalue weighted by atomic mass is 9.99. The Kier molecular flexibility index (Phi) is 17.1. The molecule has 0 aliphatic carbocycles. The molecule has 188 valence electrons. The molecule has 0 saturated carbocycles. The summed E-state index contributed by atoms with van der Waals surface area (Å²) in [5.41, 5.74) is 2.57. The Morgan fingerprint density at radius 2 is 1.45 bits per heavy atom. The summed E-state index contributed by atoms with van der Waals surface area (Å²) in [6.07, 6.45) is 18.9. The van der Waals surface area contributed by atoms with E-state index in [-0.39, 0.29) is 5.91 Å². The number of unbranched alkanes of at least 4 members (excludes halogenated alkanes) is 11. The Bertz CT molecular complexity index is 686. The number of hydrogen-bond donors (Lipinski definition) is 1. The highest BCUT2D eigenvalue weighted by molar-refractivity contribution is 6.32. The predicted octanol–water partition coefficient (Wildman–Crippen LogP) is 8.19. The van der Waals surface area contributed by atoms with Crippen LogP contribution in [0.4, 0.5) is 0 Å². The molecule has 1 amide bonds. The van der Waals surface area contributed by atoms with Gasteiger partial charge in [0.1, 0.15) is 0 Å². The van der Waals surface area contributed by atoms with Gasteiger partial charge in [0.2, 0.25) is 0 Å². The Morgan fingerprint density at radius 3 is 2.03 bits per heavy atom. The number of rotatable bonds is 19. The fourth-order valence-electron chi connectivity index (χ4n) is 4.27. The van der Waals surface area contributed by atoms with Crippen LogP contribution in [0.2, 0.25) is 5.02 Å². The van der Waals surface area contributed by atoms with Crippen LogP contribution in [0, 0.1) is 6.92 Å². The Balaban J connectivity index is 2.03. The maximum Gasteiger partial charge on any atom is 0.251 e. The zero-order valence-electron chi connectivity index (χ0n) is 21.9. The summed E-state index contributed by atoms with van der Waals surface area (Å²) >= 11 is 6.22. The van der Waals surface area contributed by atoms with Gasteiger partial charge in [0.15, 0.2) is 0 Å². The van der Waals surface area contributed by atoms with E-state index < -0.39 is 0 Å². The lowest BCUT2D eigenvalue weighted by Gasteiger charge is -2.16. The highest BCUT2D eigenvalue weighted by Gasteiger charge is 2.14. The van der Waals surface area contributed by atoms with Crippen LogP contribution in [-0.2, 0) is 4.79 Å². The van der Waals surface area contributed by atoms with Crippen molar-refractivity contribution in [2.45, 2.75) is 104 Å². The first-order valence-electron chi connectivity index (χ1n) is 13.4. The van der Waals surface area contributed by atoms with Crippen LogP contribution in [0.1, 0.15) is 108 Å². The number of carbonyl (C=O) groups excluding carboxylic acids is 1. The van der Waals surface area contributed by atoms with Crippen molar-refractivity contribution in [2.24, 2.45) is 0 Å². The molecule has 0 saturated heterocycles. The summed E-state index contributed by atoms with van der Waals surface area (Å²) in [7, 11) is 2.27. The molecule has 0 bridgehead atoms. The van der Waals surface area contributed by atoms with Crippen LogP contribution in [0.3, 0.4) is 0 Å². The zero-order chi connectivity index (χ0) is 24.3. The minimum Gasteiger partial charge on any atom is -0.352 e. The SMILES string of the molecule is C/C=C(/C(=O)NCCCCCCCCN(C)CCCCCCCCC)c1cccc(Cl)c1C. The minimum absolute atomic E-state index is 0.00753. The lowest BCUT2D eigenvalue weighted by Crippen LogP contribution is -2.25. The summed E-state index contributed by atoms with van der Waals surface area (Å²) in [5.74, 6) is -0.00753. The van der Waals surface area contributed by atoms with Gasteiger partial charge in [0.25, 0.3) is 5.91 Å². The quantitative estimate of drug-likeness (QED) is 0.161. The van der Waals surface area contributed by atoms with E-state index in [1.807, 2.05) is 38.1 Å². The van der Waals surface area contributed by atoms with Gasteiger partial charge < -0.3 is 10.2 Å². The summed E-state index contributed by atoms with van der Waals surface area (Å²) < 4.78 is 0. The van der Waals surface area contributed by atoms with Gasteiger partial charge in [-0.15, -0.1) is 0 Å². The van der Waals surface area contributed by atoms with Crippen LogP contribution in [0.25, 0.3) is 5.57 Å². The molecule has 0 aliphatic rings. The minimum atomic E-state index is -0.00753. The van der Waals surface area contributed by atoms with Crippen LogP contribution in [0.15, 0.2) is 24.3 Å². The van der Waals surface area contributed by atoms with Crippen molar-refractivity contribution in [3.63, 3.8) is 0 Å². The average Bonchev–Trinajstić information content (AvgIpc) is 2.80. The first-order valence-corrected chi connectivity index (χ1v) is 13.8. The number of allylic oxidation sites excluding steroid dienone is 1. The molecule has 0 spiro atoms. The number of halogens is 1. The van der Waals surface area contributed by atoms with Gasteiger partial charge in [-0.1, -0.05) is 101 Å². The smallest absolute Gasteiger partial charge is 0.251 e. The van der Waals surface area contributed by atoms with Gasteiger partial charge in [-0.3, -0.25) is 4.79 Å². The van der Waals surface area contributed by atoms with Gasteiger partial charge in [0.05, 0.1) is 0 Å². The number of hydrogen-bond acceptors (Lipinski definition) is 2. The molecule has 0 unspecified atom stereocenters. The van der Waals surface area contributed by atoms with Crippen molar-refractivity contribution in [2.75, 3.05) is 26.7 Å². The third-order valence-corrected chi connectivity index (χ3v) is 6.90. The molecule has 0 aliphatic heterocycles. The topological polar surface area (TPSA) is 32.3 Å². The highest BCUT2D eigenvalue weighted by atomic mass is 35.5. The maximum atomic E-state index is 12.6. The first-order chi connectivity index (χ1) is 16.0. The predicted molar refractivity (Wildman–Crippen MR) is 146 cm³/mol. The Morgan fingerprint density at radius 1 is 0.909 bits per heavy atom. The molecule has 33 heavy (non-hydrogen) atoms. The summed E-state index contributed by atoms with van der Waals surface area (Å²) in [6, 6.07) is 5.72. The van der Waals surface area contributed by atoms with Crippen LogP contribution in [-0.4, -0.2) is 37.5 Å². The highest BCUT2D eigenvalue weighted by Crippen LogP contribution is 2.25. The van der Waals surface area contributed by atoms with Crippen molar-refractivity contribution in [1.29, 1.82) is 0 Å². The van der Waals surface area contributed by atoms with E-state index in [1.54, 1.807) is 0 Å². The normalized spacial score (nSPS) is 11.9. The third-order valence-electron chi connectivity index (χ3n) is 6.49. The monoisotopic (exact) mass is 476 g/mol. The van der Waals surface area contributed by atoms with Crippen LogP contribution in [0.5, 0.6) is 0 Å². The van der Waals surface area contributed by atoms with Gasteiger partial charge in [-0.2, -0.15) is 0 Å². The molecular formula is C29H49ClN2O. The molecule has 3 nitrogen and oxygen atoms in total. The molecule has 1 aromatic rings. The molecule has 1 aromatic carbocycles. The van der Waals surface area contributed by atoms with E-state index in [0.29, 0.717) is 10.6 Å². The molecule has 1 rings (SSSR count). The van der Waals surface area contributed by atoms with Gasteiger partial charge in [-0.25, -0.2) is 0 Å². The first kappa shape index (κ1) is 29.7. The molecule has 0 aromatic heterocycles. The van der Waals surface area contributed by atoms with E-state index >= 15 is 0 Å². The van der Waals surface area contributed by atoms with E-state index in [4.69, 9.17) is 11.6 Å². The molecule has 0 radical (unpaired) electrons. The van der Waals surface area contributed by atoms with Crippen molar-refractivity contribution < 1.29 is 4.79 Å². The number of benzene rings is 1. The maximum absolute atomic E-state index is 12.6. The summed E-state index contributed by atoms with van der Waals surface area (Å²) in [4.78, 5) is 15.1. The molecular weight excluding hydrogens is 428 g/mol. The fourth-order valence-corrected chi connectivity index (χ4v) is 4.44. The van der Waals surface area contributed by atoms with E-state index in [0.717, 1.165) is 24.1 Å². The largest absolute Gasteiger partial charge is 0.352 e. The summed E-state index contributed by atoms with van der Waals surface area (Å²) in [6.45, 7) is 9.34. The number of nitrogens with one attached hydrogen (secondary N) is 1. The van der Waals surface area contributed by atoms with E-state index in [1.165, 1.54) is 90.1 Å². The summed E-state index contributed by atoms with van der Waals surface area (Å²) in [5, 5.41) is 3.78. The molecule has 0 atom stereocenters. The number of nitrogens with zero attached hydrogens (tertiary/aromatic N) is 1.